The van der Waals surface area contributed by atoms with Gasteiger partial charge in [-0.25, -0.2) is 0 Å². The minimum atomic E-state index is -0.0672. The molecule has 2 bridgehead atoms. The second-order valence-electron chi connectivity index (χ2n) is 6.27. The van der Waals surface area contributed by atoms with E-state index in [0.29, 0.717) is 11.7 Å². The molecule has 1 amide bonds. The van der Waals surface area contributed by atoms with E-state index in [2.05, 4.69) is 10.2 Å². The number of fused-ring (bicyclic) bond motifs is 4. The standard InChI is InChI=1S/C17H20N2O2/c1-11-13-4-2-3-5-15(13)21-16(11)17(20)18-14-10-19-8-6-12(14)7-9-19/h2-5,12,14H,6-10H2,1H3,(H,18,20). The van der Waals surface area contributed by atoms with E-state index in [1.54, 1.807) is 0 Å². The fraction of sp³-hybridized carbons (Fsp3) is 0.471. The first kappa shape index (κ1) is 12.9. The van der Waals surface area contributed by atoms with Crippen molar-refractivity contribution in [3.63, 3.8) is 0 Å². The summed E-state index contributed by atoms with van der Waals surface area (Å²) in [5.41, 5.74) is 1.72. The van der Waals surface area contributed by atoms with Gasteiger partial charge in [-0.1, -0.05) is 18.2 Å². The average molecular weight is 284 g/mol. The van der Waals surface area contributed by atoms with Gasteiger partial charge in [-0.3, -0.25) is 4.79 Å². The quantitative estimate of drug-likeness (QED) is 0.922. The fourth-order valence-corrected chi connectivity index (χ4v) is 3.75. The number of furan rings is 1. The van der Waals surface area contributed by atoms with Crippen LogP contribution in [0, 0.1) is 12.8 Å². The number of amides is 1. The fourth-order valence-electron chi connectivity index (χ4n) is 3.75. The lowest BCUT2D eigenvalue weighted by molar-refractivity contribution is 0.0606. The molecule has 1 unspecified atom stereocenters. The number of rotatable bonds is 2. The molecule has 3 aliphatic heterocycles. The molecule has 5 rings (SSSR count). The van der Waals surface area contributed by atoms with Crippen LogP contribution >= 0.6 is 0 Å². The lowest BCUT2D eigenvalue weighted by Crippen LogP contribution is -2.57. The predicted molar refractivity (Wildman–Crippen MR) is 81.4 cm³/mol. The Morgan fingerprint density at radius 3 is 2.71 bits per heavy atom. The number of nitrogens with zero attached hydrogens (tertiary/aromatic N) is 1. The Morgan fingerprint density at radius 2 is 2.05 bits per heavy atom. The van der Waals surface area contributed by atoms with Gasteiger partial charge in [-0.2, -0.15) is 0 Å². The molecule has 4 nitrogen and oxygen atoms in total. The number of hydrogen-bond acceptors (Lipinski definition) is 3. The lowest BCUT2D eigenvalue weighted by Gasteiger charge is -2.44. The van der Waals surface area contributed by atoms with Crippen LogP contribution in [0.25, 0.3) is 11.0 Å². The number of para-hydroxylation sites is 1. The summed E-state index contributed by atoms with van der Waals surface area (Å²) in [7, 11) is 0. The van der Waals surface area contributed by atoms with E-state index in [4.69, 9.17) is 4.42 Å². The van der Waals surface area contributed by atoms with Gasteiger partial charge in [-0.05, 0) is 44.8 Å². The molecule has 3 aliphatic rings. The second-order valence-corrected chi connectivity index (χ2v) is 6.27. The average Bonchev–Trinajstić information content (AvgIpc) is 2.86. The van der Waals surface area contributed by atoms with Crippen LogP contribution in [0.5, 0.6) is 0 Å². The largest absolute Gasteiger partial charge is 0.451 e. The maximum Gasteiger partial charge on any atom is 0.287 e. The summed E-state index contributed by atoms with van der Waals surface area (Å²) < 4.78 is 5.76. The van der Waals surface area contributed by atoms with Gasteiger partial charge >= 0.3 is 0 Å². The normalized spacial score (nSPS) is 28.0. The summed E-state index contributed by atoms with van der Waals surface area (Å²) in [5, 5.41) is 4.22. The van der Waals surface area contributed by atoms with E-state index in [1.807, 2.05) is 31.2 Å². The molecule has 0 spiro atoms. The smallest absolute Gasteiger partial charge is 0.287 e. The van der Waals surface area contributed by atoms with Gasteiger partial charge in [0.2, 0.25) is 0 Å². The number of piperidine rings is 3. The molecular formula is C17H20N2O2. The van der Waals surface area contributed by atoms with Gasteiger partial charge in [0, 0.05) is 23.5 Å². The molecular weight excluding hydrogens is 264 g/mol. The Kier molecular flexibility index (Phi) is 3.00. The minimum absolute atomic E-state index is 0.0672. The highest BCUT2D eigenvalue weighted by Crippen LogP contribution is 2.29. The molecule has 0 aliphatic carbocycles. The minimum Gasteiger partial charge on any atom is -0.451 e. The van der Waals surface area contributed by atoms with Crippen molar-refractivity contribution >= 4 is 16.9 Å². The van der Waals surface area contributed by atoms with E-state index in [0.717, 1.165) is 23.1 Å². The topological polar surface area (TPSA) is 45.5 Å². The van der Waals surface area contributed by atoms with Crippen molar-refractivity contribution in [2.24, 2.45) is 5.92 Å². The first-order valence-corrected chi connectivity index (χ1v) is 7.74. The van der Waals surface area contributed by atoms with Crippen LogP contribution in [-0.4, -0.2) is 36.5 Å². The zero-order valence-corrected chi connectivity index (χ0v) is 12.3. The number of nitrogens with one attached hydrogen (secondary N) is 1. The highest BCUT2D eigenvalue weighted by Gasteiger charge is 2.35. The lowest BCUT2D eigenvalue weighted by atomic mass is 9.84. The summed E-state index contributed by atoms with van der Waals surface area (Å²) in [4.78, 5) is 15.0. The van der Waals surface area contributed by atoms with Crippen LogP contribution in [0.4, 0.5) is 0 Å². The molecule has 0 saturated carbocycles. The molecule has 3 saturated heterocycles. The van der Waals surface area contributed by atoms with Gasteiger partial charge < -0.3 is 14.6 Å². The van der Waals surface area contributed by atoms with E-state index < -0.39 is 0 Å². The van der Waals surface area contributed by atoms with Gasteiger partial charge in [0.05, 0.1) is 0 Å². The molecule has 21 heavy (non-hydrogen) atoms. The summed E-state index contributed by atoms with van der Waals surface area (Å²) in [6, 6.07) is 8.08. The van der Waals surface area contributed by atoms with Crippen molar-refractivity contribution in [1.82, 2.24) is 10.2 Å². The number of carbonyl (C=O) groups is 1. The first-order valence-electron chi connectivity index (χ1n) is 7.74. The van der Waals surface area contributed by atoms with Crippen LogP contribution < -0.4 is 5.32 Å². The molecule has 3 fully saturated rings. The Bertz CT molecular complexity index is 683. The third kappa shape index (κ3) is 2.14. The molecule has 1 N–H and O–H groups in total. The van der Waals surface area contributed by atoms with Crippen molar-refractivity contribution < 1.29 is 9.21 Å². The van der Waals surface area contributed by atoms with Gasteiger partial charge in [-0.15, -0.1) is 0 Å². The predicted octanol–water partition coefficient (Wildman–Crippen LogP) is 2.57. The highest BCUT2D eigenvalue weighted by atomic mass is 16.3. The second kappa shape index (κ2) is 4.88. The summed E-state index contributed by atoms with van der Waals surface area (Å²) in [5.74, 6) is 1.03. The molecule has 1 aromatic heterocycles. The Hall–Kier alpha value is -1.81. The van der Waals surface area contributed by atoms with Crippen LogP contribution in [0.3, 0.4) is 0 Å². The number of carbonyl (C=O) groups excluding carboxylic acids is 1. The van der Waals surface area contributed by atoms with Gasteiger partial charge in [0.25, 0.3) is 5.91 Å². The Balaban J connectivity index is 1.58. The summed E-state index contributed by atoms with van der Waals surface area (Å²) in [6.45, 7) is 5.30. The third-order valence-corrected chi connectivity index (χ3v) is 5.02. The molecule has 2 aromatic rings. The van der Waals surface area contributed by atoms with Crippen molar-refractivity contribution in [3.8, 4) is 0 Å². The monoisotopic (exact) mass is 284 g/mol. The maximum atomic E-state index is 12.6. The zero-order chi connectivity index (χ0) is 14.4. The number of benzene rings is 1. The van der Waals surface area contributed by atoms with Crippen molar-refractivity contribution in [2.75, 3.05) is 19.6 Å². The van der Waals surface area contributed by atoms with Crippen molar-refractivity contribution in [3.05, 3.63) is 35.6 Å². The maximum absolute atomic E-state index is 12.6. The van der Waals surface area contributed by atoms with Crippen LogP contribution in [0.2, 0.25) is 0 Å². The number of aryl methyl sites for hydroxylation is 1. The Morgan fingerprint density at radius 1 is 1.29 bits per heavy atom. The molecule has 110 valence electrons. The van der Waals surface area contributed by atoms with E-state index in [-0.39, 0.29) is 11.9 Å². The van der Waals surface area contributed by atoms with Crippen LogP contribution in [0.1, 0.15) is 29.0 Å². The van der Waals surface area contributed by atoms with E-state index >= 15 is 0 Å². The number of hydrogen-bond donors (Lipinski definition) is 1. The zero-order valence-electron chi connectivity index (χ0n) is 12.3. The molecule has 4 heteroatoms. The van der Waals surface area contributed by atoms with Crippen LogP contribution in [0.15, 0.2) is 28.7 Å². The van der Waals surface area contributed by atoms with Crippen LogP contribution in [-0.2, 0) is 0 Å². The molecule has 1 atom stereocenters. The van der Waals surface area contributed by atoms with E-state index in [9.17, 15) is 4.79 Å². The summed E-state index contributed by atoms with van der Waals surface area (Å²) in [6.07, 6.45) is 2.40. The summed E-state index contributed by atoms with van der Waals surface area (Å²) >= 11 is 0. The van der Waals surface area contributed by atoms with Gasteiger partial charge in [0.1, 0.15) is 5.58 Å². The van der Waals surface area contributed by atoms with Crippen molar-refractivity contribution in [2.45, 2.75) is 25.8 Å². The molecule has 0 radical (unpaired) electrons. The Labute approximate surface area is 124 Å². The SMILES string of the molecule is Cc1c(C(=O)NC2CN3CCC2CC3)oc2ccccc12. The van der Waals surface area contributed by atoms with Crippen molar-refractivity contribution in [1.29, 1.82) is 0 Å². The molecule has 4 heterocycles. The van der Waals surface area contributed by atoms with Gasteiger partial charge in [0.15, 0.2) is 5.76 Å². The molecule has 1 aromatic carbocycles. The van der Waals surface area contributed by atoms with E-state index in [1.165, 1.54) is 25.9 Å². The first-order chi connectivity index (χ1) is 10.2. The third-order valence-electron chi connectivity index (χ3n) is 5.02. The highest BCUT2D eigenvalue weighted by molar-refractivity contribution is 5.99.